The molecule has 0 N–H and O–H groups in total. The molecule has 0 saturated heterocycles. The van der Waals surface area contributed by atoms with E-state index in [1.54, 1.807) is 17.0 Å². The van der Waals surface area contributed by atoms with E-state index in [2.05, 4.69) is 28.1 Å². The first-order valence-electron chi connectivity index (χ1n) is 7.27. The number of Topliss-reactive ketones (excluding diaryl/α,β-unsaturated/α-hetero) is 1. The molecule has 112 valence electrons. The Morgan fingerprint density at radius 1 is 0.870 bits per heavy atom. The highest BCUT2D eigenvalue weighted by molar-refractivity contribution is 9.10. The number of carbonyl (C=O) groups is 2. The van der Waals surface area contributed by atoms with Gasteiger partial charge in [-0.1, -0.05) is 42.5 Å². The fraction of sp³-hybridized carbons (Fsp3) is 0.0526. The van der Waals surface area contributed by atoms with E-state index in [1.807, 2.05) is 36.4 Å². The molecule has 0 aromatic heterocycles. The van der Waals surface area contributed by atoms with Gasteiger partial charge >= 0.3 is 0 Å². The maximum atomic E-state index is 12.3. The Labute approximate surface area is 141 Å². The number of nitrogens with zero attached hydrogens (tertiary/aromatic N) is 1. The standard InChI is InChI=1S/C19H12BrNO2/c20-16-7-3-6-15-17(16)21(19(23)18(15)22)11-12-8-9-13-4-1-2-5-14(13)10-12/h1-10H,11H2. The van der Waals surface area contributed by atoms with Crippen molar-refractivity contribution in [1.29, 1.82) is 0 Å². The van der Waals surface area contributed by atoms with E-state index in [0.29, 0.717) is 17.8 Å². The number of amides is 1. The van der Waals surface area contributed by atoms with Gasteiger partial charge in [0.1, 0.15) is 0 Å². The molecule has 0 radical (unpaired) electrons. The smallest absolute Gasteiger partial charge is 0.299 e. The van der Waals surface area contributed by atoms with E-state index in [0.717, 1.165) is 20.8 Å². The number of hydrogen-bond acceptors (Lipinski definition) is 2. The molecule has 1 amide bonds. The first-order valence-corrected chi connectivity index (χ1v) is 8.07. The Hall–Kier alpha value is -2.46. The maximum absolute atomic E-state index is 12.3. The fourth-order valence-electron chi connectivity index (χ4n) is 2.98. The number of para-hydroxylation sites is 1. The first kappa shape index (κ1) is 14.2. The van der Waals surface area contributed by atoms with Crippen molar-refractivity contribution in [2.24, 2.45) is 0 Å². The average molecular weight is 366 g/mol. The Balaban J connectivity index is 1.76. The molecule has 0 atom stereocenters. The summed E-state index contributed by atoms with van der Waals surface area (Å²) in [7, 11) is 0. The minimum atomic E-state index is -0.472. The number of carbonyl (C=O) groups excluding carboxylic acids is 2. The number of benzene rings is 3. The van der Waals surface area contributed by atoms with Crippen molar-refractivity contribution >= 4 is 44.1 Å². The van der Waals surface area contributed by atoms with E-state index in [-0.39, 0.29) is 0 Å². The van der Waals surface area contributed by atoms with Gasteiger partial charge in [-0.25, -0.2) is 0 Å². The SMILES string of the molecule is O=C1C(=O)N(Cc2ccc3ccccc3c2)c2c(Br)cccc21. The molecule has 0 unspecified atom stereocenters. The van der Waals surface area contributed by atoms with Crippen molar-refractivity contribution in [3.8, 4) is 0 Å². The lowest BCUT2D eigenvalue weighted by atomic mass is 10.1. The quantitative estimate of drug-likeness (QED) is 0.633. The zero-order valence-corrected chi connectivity index (χ0v) is 13.7. The second-order valence-corrected chi connectivity index (χ2v) is 6.39. The fourth-order valence-corrected chi connectivity index (χ4v) is 3.56. The number of hydrogen-bond donors (Lipinski definition) is 0. The van der Waals surface area contributed by atoms with Gasteiger partial charge in [0.05, 0.1) is 17.8 Å². The maximum Gasteiger partial charge on any atom is 0.299 e. The van der Waals surface area contributed by atoms with Crippen LogP contribution in [0.2, 0.25) is 0 Å². The highest BCUT2D eigenvalue weighted by Crippen LogP contribution is 2.37. The second kappa shape index (κ2) is 5.32. The van der Waals surface area contributed by atoms with Crippen molar-refractivity contribution in [1.82, 2.24) is 0 Å². The molecular formula is C19H12BrNO2. The highest BCUT2D eigenvalue weighted by Gasteiger charge is 2.37. The van der Waals surface area contributed by atoms with Crippen LogP contribution in [0, 0.1) is 0 Å². The third-order valence-electron chi connectivity index (χ3n) is 4.10. The minimum absolute atomic E-state index is 0.380. The average Bonchev–Trinajstić information content (AvgIpc) is 2.81. The molecule has 4 rings (SSSR count). The van der Waals surface area contributed by atoms with E-state index in [1.165, 1.54) is 0 Å². The van der Waals surface area contributed by atoms with Crippen LogP contribution < -0.4 is 4.90 Å². The van der Waals surface area contributed by atoms with Crippen LogP contribution in [0.5, 0.6) is 0 Å². The molecule has 1 aliphatic heterocycles. The molecule has 4 heteroatoms. The van der Waals surface area contributed by atoms with Gasteiger partial charge in [0, 0.05) is 4.47 Å². The molecule has 0 aliphatic carbocycles. The number of halogens is 1. The Bertz CT molecular complexity index is 964. The molecule has 1 heterocycles. The molecule has 0 fully saturated rings. The molecule has 0 spiro atoms. The van der Waals surface area contributed by atoms with Gasteiger partial charge in [-0.3, -0.25) is 14.5 Å². The van der Waals surface area contributed by atoms with E-state index in [4.69, 9.17) is 0 Å². The summed E-state index contributed by atoms with van der Waals surface area (Å²) in [5.41, 5.74) is 2.12. The molecule has 23 heavy (non-hydrogen) atoms. The Morgan fingerprint density at radius 2 is 1.65 bits per heavy atom. The molecular weight excluding hydrogens is 354 g/mol. The van der Waals surface area contributed by atoms with Crippen molar-refractivity contribution in [2.75, 3.05) is 4.90 Å². The third kappa shape index (κ3) is 2.26. The number of anilines is 1. The minimum Gasteiger partial charge on any atom is -0.299 e. The van der Waals surface area contributed by atoms with Gasteiger partial charge in [0.15, 0.2) is 0 Å². The van der Waals surface area contributed by atoms with Crippen LogP contribution in [0.4, 0.5) is 5.69 Å². The number of fused-ring (bicyclic) bond motifs is 2. The molecule has 3 aromatic rings. The van der Waals surface area contributed by atoms with Gasteiger partial charge in [-0.2, -0.15) is 0 Å². The lowest BCUT2D eigenvalue weighted by molar-refractivity contribution is -0.114. The molecule has 0 bridgehead atoms. The van der Waals surface area contributed by atoms with Gasteiger partial charge in [-0.05, 0) is 50.5 Å². The molecule has 3 aromatic carbocycles. The number of rotatable bonds is 2. The van der Waals surface area contributed by atoms with E-state index in [9.17, 15) is 9.59 Å². The van der Waals surface area contributed by atoms with Crippen molar-refractivity contribution in [3.05, 3.63) is 76.3 Å². The summed E-state index contributed by atoms with van der Waals surface area (Å²) in [6, 6.07) is 19.5. The Kier molecular flexibility index (Phi) is 3.27. The van der Waals surface area contributed by atoms with Crippen LogP contribution in [0.1, 0.15) is 15.9 Å². The lowest BCUT2D eigenvalue weighted by Gasteiger charge is -2.18. The summed E-state index contributed by atoms with van der Waals surface area (Å²) in [4.78, 5) is 26.0. The van der Waals surface area contributed by atoms with Crippen LogP contribution in [0.3, 0.4) is 0 Å². The monoisotopic (exact) mass is 365 g/mol. The van der Waals surface area contributed by atoms with E-state index >= 15 is 0 Å². The lowest BCUT2D eigenvalue weighted by Crippen LogP contribution is -2.29. The summed E-state index contributed by atoms with van der Waals surface area (Å²) >= 11 is 3.45. The summed E-state index contributed by atoms with van der Waals surface area (Å²) in [5, 5.41) is 2.27. The van der Waals surface area contributed by atoms with Crippen LogP contribution >= 0.6 is 15.9 Å². The van der Waals surface area contributed by atoms with Crippen molar-refractivity contribution < 1.29 is 9.59 Å². The number of ketones is 1. The second-order valence-electron chi connectivity index (χ2n) is 5.54. The topological polar surface area (TPSA) is 37.4 Å². The zero-order chi connectivity index (χ0) is 16.0. The van der Waals surface area contributed by atoms with Crippen LogP contribution in [-0.2, 0) is 11.3 Å². The van der Waals surface area contributed by atoms with Gasteiger partial charge in [0.2, 0.25) is 0 Å². The predicted octanol–water partition coefficient (Wildman–Crippen LogP) is 4.33. The van der Waals surface area contributed by atoms with Crippen LogP contribution in [0.25, 0.3) is 10.8 Å². The summed E-state index contributed by atoms with van der Waals surface area (Å²) in [6.45, 7) is 0.380. The normalized spacial score (nSPS) is 13.7. The highest BCUT2D eigenvalue weighted by atomic mass is 79.9. The first-order chi connectivity index (χ1) is 11.1. The Morgan fingerprint density at radius 3 is 2.48 bits per heavy atom. The van der Waals surface area contributed by atoms with Crippen LogP contribution in [-0.4, -0.2) is 11.7 Å². The zero-order valence-electron chi connectivity index (χ0n) is 12.1. The largest absolute Gasteiger partial charge is 0.299 e. The van der Waals surface area contributed by atoms with Gasteiger partial charge in [-0.15, -0.1) is 0 Å². The predicted molar refractivity (Wildman–Crippen MR) is 93.6 cm³/mol. The summed E-state index contributed by atoms with van der Waals surface area (Å²) in [5.74, 6) is -0.915. The summed E-state index contributed by atoms with van der Waals surface area (Å²) < 4.78 is 0.759. The van der Waals surface area contributed by atoms with Crippen molar-refractivity contribution in [3.63, 3.8) is 0 Å². The molecule has 3 nitrogen and oxygen atoms in total. The summed E-state index contributed by atoms with van der Waals surface area (Å²) in [6.07, 6.45) is 0. The van der Waals surface area contributed by atoms with Crippen LogP contribution in [0.15, 0.2) is 65.1 Å². The third-order valence-corrected chi connectivity index (χ3v) is 4.74. The van der Waals surface area contributed by atoms with E-state index < -0.39 is 11.7 Å². The molecule has 1 aliphatic rings. The van der Waals surface area contributed by atoms with Crippen molar-refractivity contribution in [2.45, 2.75) is 6.54 Å². The van der Waals surface area contributed by atoms with Gasteiger partial charge in [0.25, 0.3) is 11.7 Å². The molecule has 0 saturated carbocycles. The van der Waals surface area contributed by atoms with Gasteiger partial charge < -0.3 is 0 Å².